The van der Waals surface area contributed by atoms with Gasteiger partial charge in [-0.1, -0.05) is 0 Å². The van der Waals surface area contributed by atoms with E-state index in [-0.39, 0.29) is 7.43 Å². The highest BCUT2D eigenvalue weighted by atomic mass is 16.6. The Balaban J connectivity index is 0.00000144. The van der Waals surface area contributed by atoms with Gasteiger partial charge < -0.3 is 30.3 Å². The molecule has 0 aliphatic carbocycles. The van der Waals surface area contributed by atoms with E-state index in [1.807, 2.05) is 0 Å². The second-order valence-corrected chi connectivity index (χ2v) is 2.72. The molecule has 76 valence electrons. The van der Waals surface area contributed by atoms with E-state index in [1.165, 1.54) is 0 Å². The topological polar surface area (TPSA) is 110 Å². The van der Waals surface area contributed by atoms with Gasteiger partial charge in [-0.2, -0.15) is 0 Å². The molecule has 1 rings (SSSR count). The van der Waals surface area contributed by atoms with Crippen molar-refractivity contribution in [2.75, 3.05) is 6.61 Å². The van der Waals surface area contributed by atoms with Crippen LogP contribution in [0.3, 0.4) is 0 Å². The molecule has 0 amide bonds. The fourth-order valence-electron chi connectivity index (χ4n) is 1.08. The zero-order valence-electron chi connectivity index (χ0n) is 6.74. The van der Waals surface area contributed by atoms with E-state index in [4.69, 9.17) is 25.5 Å². The van der Waals surface area contributed by atoms with Crippen LogP contribution in [0.4, 0.5) is 0 Å². The molecule has 0 aromatic heterocycles. The lowest BCUT2D eigenvalue weighted by molar-refractivity contribution is -0.286. The Morgan fingerprint density at radius 3 is 1.92 bits per heavy atom. The summed E-state index contributed by atoms with van der Waals surface area (Å²) in [4.78, 5) is 0. The first-order valence-electron chi connectivity index (χ1n) is 3.56. The summed E-state index contributed by atoms with van der Waals surface area (Å²) in [5.41, 5.74) is 0. The Labute approximate surface area is 76.0 Å². The molecule has 0 aromatic carbocycles. The molecule has 1 heterocycles. The molecule has 5 N–H and O–H groups in total. The number of hydrogen-bond acceptors (Lipinski definition) is 6. The lowest BCUT2D eigenvalue weighted by Gasteiger charge is -2.37. The van der Waals surface area contributed by atoms with Gasteiger partial charge in [-0.15, -0.1) is 0 Å². The molecule has 13 heavy (non-hydrogen) atoms. The largest absolute Gasteiger partial charge is 0.394 e. The summed E-state index contributed by atoms with van der Waals surface area (Å²) < 4.78 is 4.58. The van der Waals surface area contributed by atoms with Gasteiger partial charge in [0.05, 0.1) is 6.61 Å². The van der Waals surface area contributed by atoms with Crippen LogP contribution in [-0.4, -0.2) is 62.8 Å². The molecule has 1 saturated heterocycles. The first kappa shape index (κ1) is 12.8. The number of aliphatic hydroxyl groups excluding tert-OH is 5. The minimum atomic E-state index is -1.57. The van der Waals surface area contributed by atoms with Gasteiger partial charge in [0.1, 0.15) is 24.4 Å². The Bertz CT molecular complexity index is 147. The van der Waals surface area contributed by atoms with Crippen LogP contribution < -0.4 is 0 Å². The fraction of sp³-hybridized carbons (Fsp3) is 0.857. The lowest BCUT2D eigenvalue weighted by Crippen LogP contribution is -2.58. The first-order chi connectivity index (χ1) is 5.57. The predicted octanol–water partition coefficient (Wildman–Crippen LogP) is -3.14. The van der Waals surface area contributed by atoms with Gasteiger partial charge in [0.15, 0.2) is 6.29 Å². The van der Waals surface area contributed by atoms with Crippen LogP contribution in [0, 0.1) is 7.43 Å². The van der Waals surface area contributed by atoms with Crippen molar-refractivity contribution in [2.24, 2.45) is 0 Å². The van der Waals surface area contributed by atoms with Crippen molar-refractivity contribution in [1.82, 2.24) is 0 Å². The van der Waals surface area contributed by atoms with Crippen LogP contribution in [0.1, 0.15) is 0 Å². The van der Waals surface area contributed by atoms with E-state index < -0.39 is 37.3 Å². The summed E-state index contributed by atoms with van der Waals surface area (Å²) in [6.07, 6.45) is -7.04. The summed E-state index contributed by atoms with van der Waals surface area (Å²) in [7, 11) is 0. The van der Waals surface area contributed by atoms with E-state index in [0.29, 0.717) is 0 Å². The third kappa shape index (κ3) is 2.37. The van der Waals surface area contributed by atoms with Crippen LogP contribution in [0.2, 0.25) is 0 Å². The van der Waals surface area contributed by atoms with E-state index in [0.717, 1.165) is 0 Å². The van der Waals surface area contributed by atoms with Gasteiger partial charge in [-0.05, 0) is 0 Å². The van der Waals surface area contributed by atoms with Gasteiger partial charge in [-0.25, -0.2) is 0 Å². The van der Waals surface area contributed by atoms with Gasteiger partial charge in [0, 0.05) is 7.43 Å². The first-order valence-corrected chi connectivity index (χ1v) is 3.56. The molecule has 6 heteroatoms. The van der Waals surface area contributed by atoms with Crippen molar-refractivity contribution < 1.29 is 30.3 Å². The van der Waals surface area contributed by atoms with Crippen molar-refractivity contribution in [3.63, 3.8) is 0 Å². The van der Waals surface area contributed by atoms with Crippen molar-refractivity contribution in [3.8, 4) is 0 Å². The summed E-state index contributed by atoms with van der Waals surface area (Å²) in [6.45, 7) is -0.526. The average molecular weight is 192 g/mol. The molecule has 4 radical (unpaired) electrons. The minimum absolute atomic E-state index is 0. The highest BCUT2D eigenvalue weighted by Gasteiger charge is 2.42. The minimum Gasteiger partial charge on any atom is -0.394 e. The SMILES string of the molecule is OC[C@H]1O[C@@H](O)[C@H](O)[C@@H](O)[C@@H]1O.[C]. The summed E-state index contributed by atoms with van der Waals surface area (Å²) in [6, 6.07) is 0. The maximum Gasteiger partial charge on any atom is 0.184 e. The molecule has 6 nitrogen and oxygen atoms in total. The zero-order chi connectivity index (χ0) is 9.30. The highest BCUT2D eigenvalue weighted by Crippen LogP contribution is 2.18. The molecule has 0 spiro atoms. The summed E-state index contributed by atoms with van der Waals surface area (Å²) >= 11 is 0. The zero-order valence-corrected chi connectivity index (χ0v) is 6.74. The Morgan fingerprint density at radius 1 is 0.923 bits per heavy atom. The van der Waals surface area contributed by atoms with Gasteiger partial charge in [0.2, 0.25) is 0 Å². The molecule has 1 fully saturated rings. The van der Waals surface area contributed by atoms with Crippen LogP contribution in [0.5, 0.6) is 0 Å². The summed E-state index contributed by atoms with van der Waals surface area (Å²) in [5, 5.41) is 44.7. The molecule has 0 bridgehead atoms. The Morgan fingerprint density at radius 2 is 1.46 bits per heavy atom. The average Bonchev–Trinajstić information content (AvgIpc) is 2.08. The van der Waals surface area contributed by atoms with Crippen molar-refractivity contribution in [2.45, 2.75) is 30.7 Å². The maximum atomic E-state index is 9.12. The molecule has 5 atom stereocenters. The van der Waals surface area contributed by atoms with Gasteiger partial charge in [0.25, 0.3) is 0 Å². The van der Waals surface area contributed by atoms with Crippen LogP contribution >= 0.6 is 0 Å². The van der Waals surface area contributed by atoms with E-state index in [9.17, 15) is 0 Å². The van der Waals surface area contributed by atoms with Crippen LogP contribution in [0.25, 0.3) is 0 Å². The van der Waals surface area contributed by atoms with Crippen molar-refractivity contribution >= 4 is 0 Å². The van der Waals surface area contributed by atoms with E-state index in [2.05, 4.69) is 4.74 Å². The van der Waals surface area contributed by atoms with Crippen molar-refractivity contribution in [3.05, 3.63) is 7.43 Å². The predicted molar refractivity (Wildman–Crippen MR) is 39.2 cm³/mol. The molecule has 0 saturated carbocycles. The van der Waals surface area contributed by atoms with Gasteiger partial charge in [-0.3, -0.25) is 0 Å². The normalized spacial score (nSPS) is 45.5. The third-order valence-corrected chi connectivity index (χ3v) is 1.87. The molecule has 0 unspecified atom stereocenters. The smallest absolute Gasteiger partial charge is 0.184 e. The van der Waals surface area contributed by atoms with Crippen LogP contribution in [0.15, 0.2) is 0 Å². The second kappa shape index (κ2) is 4.85. The number of ether oxygens (including phenoxy) is 1. The number of aliphatic hydroxyl groups is 5. The monoisotopic (exact) mass is 192 g/mol. The summed E-state index contributed by atoms with van der Waals surface area (Å²) in [5.74, 6) is 0. The Kier molecular flexibility index (Phi) is 4.76. The standard InChI is InChI=1S/C6H12O6.C/c7-1-2-3(8)4(9)5(10)6(11)12-2;/h2-11H,1H2;/t2-,3-,4+,5-,6-;/m1./s1. The molecular weight excluding hydrogens is 180 g/mol. The van der Waals surface area contributed by atoms with Crippen molar-refractivity contribution in [1.29, 1.82) is 0 Å². The quantitative estimate of drug-likeness (QED) is 0.300. The molecule has 1 aliphatic rings. The van der Waals surface area contributed by atoms with E-state index >= 15 is 0 Å². The van der Waals surface area contributed by atoms with E-state index in [1.54, 1.807) is 0 Å². The molecule has 1 aliphatic heterocycles. The Hall–Kier alpha value is -0.240. The maximum absolute atomic E-state index is 9.12. The second-order valence-electron chi connectivity index (χ2n) is 2.72. The lowest BCUT2D eigenvalue weighted by atomic mass is 10.00. The van der Waals surface area contributed by atoms with Crippen LogP contribution in [-0.2, 0) is 4.74 Å². The number of rotatable bonds is 1. The molecule has 0 aromatic rings. The third-order valence-electron chi connectivity index (χ3n) is 1.87. The number of hydrogen-bond donors (Lipinski definition) is 5. The fourth-order valence-corrected chi connectivity index (χ4v) is 1.08. The van der Waals surface area contributed by atoms with Gasteiger partial charge >= 0.3 is 0 Å². The highest BCUT2D eigenvalue weighted by molar-refractivity contribution is 4.87. The molecular formula is C7H12O6.